The van der Waals surface area contributed by atoms with E-state index in [0.717, 1.165) is 37.7 Å². The molecule has 6 N–H and O–H groups in total. The Kier molecular flexibility index (Phi) is 10.9. The molecule has 4 saturated carbocycles. The summed E-state index contributed by atoms with van der Waals surface area (Å²) in [5.74, 6) is -0.609. The number of esters is 2. The highest BCUT2D eigenvalue weighted by atomic mass is 16.7. The van der Waals surface area contributed by atoms with Gasteiger partial charge in [-0.1, -0.05) is 13.8 Å². The van der Waals surface area contributed by atoms with Crippen molar-refractivity contribution in [1.82, 2.24) is 0 Å². The quantitative estimate of drug-likeness (QED) is 0.147. The number of ether oxygens (including phenoxy) is 7. The summed E-state index contributed by atoms with van der Waals surface area (Å²) in [6.45, 7) is 6.96. The van der Waals surface area contributed by atoms with Crippen molar-refractivity contribution in [2.45, 2.75) is 158 Å². The van der Waals surface area contributed by atoms with Gasteiger partial charge in [0.05, 0.1) is 24.4 Å². The summed E-state index contributed by atoms with van der Waals surface area (Å²) in [6.07, 6.45) is -6.95. The first-order valence-electron chi connectivity index (χ1n) is 19.3. The average Bonchev–Trinajstić information content (AvgIpc) is 3.66. The van der Waals surface area contributed by atoms with Crippen molar-refractivity contribution in [3.05, 3.63) is 11.6 Å². The lowest BCUT2D eigenvalue weighted by molar-refractivity contribution is -0.363. The first-order valence-corrected chi connectivity index (χ1v) is 19.3. The molecular weight excluding hydrogens is 696 g/mol. The molecule has 15 nitrogen and oxygen atoms in total. The zero-order valence-corrected chi connectivity index (χ0v) is 31.2. The van der Waals surface area contributed by atoms with Crippen LogP contribution in [0, 0.1) is 34.5 Å². The van der Waals surface area contributed by atoms with Gasteiger partial charge in [-0.05, 0) is 81.1 Å². The van der Waals surface area contributed by atoms with Gasteiger partial charge >= 0.3 is 11.9 Å². The van der Waals surface area contributed by atoms with Crippen molar-refractivity contribution in [2.75, 3.05) is 20.3 Å². The molecule has 7 aliphatic rings. The summed E-state index contributed by atoms with van der Waals surface area (Å²) in [7, 11) is 1.33. The maximum atomic E-state index is 12.7. The zero-order chi connectivity index (χ0) is 38.2. The predicted octanol–water partition coefficient (Wildman–Crippen LogP) is 0.476. The third-order valence-corrected chi connectivity index (χ3v) is 14.8. The molecule has 0 aromatic rings. The number of hydrogen-bond acceptors (Lipinski definition) is 15. The van der Waals surface area contributed by atoms with Crippen LogP contribution in [0.2, 0.25) is 0 Å². The van der Waals surface area contributed by atoms with Gasteiger partial charge in [-0.3, -0.25) is 4.79 Å². The molecule has 3 aliphatic heterocycles. The molecule has 15 heteroatoms. The van der Waals surface area contributed by atoms with Gasteiger partial charge in [0.15, 0.2) is 12.6 Å². The average molecular weight is 755 g/mol. The molecule has 53 heavy (non-hydrogen) atoms. The molecule has 19 atom stereocenters. The van der Waals surface area contributed by atoms with E-state index in [1.807, 2.05) is 0 Å². The van der Waals surface area contributed by atoms with Crippen LogP contribution in [0.1, 0.15) is 79.1 Å². The number of aliphatic hydroxyl groups excluding tert-OH is 5. The Hall–Kier alpha value is -1.76. The number of aliphatic hydroxyl groups is 6. The van der Waals surface area contributed by atoms with Crippen molar-refractivity contribution in [3.8, 4) is 0 Å². The topological polar surface area (TPSA) is 220 Å². The van der Waals surface area contributed by atoms with E-state index in [0.29, 0.717) is 19.3 Å². The molecule has 6 fully saturated rings. The molecule has 0 amide bonds. The molecule has 0 aromatic heterocycles. The summed E-state index contributed by atoms with van der Waals surface area (Å²) < 4.78 is 40.5. The van der Waals surface area contributed by atoms with Crippen molar-refractivity contribution < 1.29 is 73.4 Å². The summed E-state index contributed by atoms with van der Waals surface area (Å²) in [4.78, 5) is 24.6. The van der Waals surface area contributed by atoms with Gasteiger partial charge in [0.2, 0.25) is 0 Å². The highest BCUT2D eigenvalue weighted by Crippen LogP contribution is 2.70. The first kappa shape index (κ1) is 39.5. The Morgan fingerprint density at radius 3 is 2.30 bits per heavy atom. The van der Waals surface area contributed by atoms with Crippen LogP contribution in [0.15, 0.2) is 11.6 Å². The van der Waals surface area contributed by atoms with Crippen LogP contribution in [-0.2, 0) is 42.7 Å². The van der Waals surface area contributed by atoms with Gasteiger partial charge in [0.1, 0.15) is 55.4 Å². The second-order valence-electron chi connectivity index (χ2n) is 17.2. The van der Waals surface area contributed by atoms with Crippen molar-refractivity contribution >= 4 is 11.9 Å². The van der Waals surface area contributed by atoms with Gasteiger partial charge in [0.25, 0.3) is 0 Å². The Labute approximate surface area is 309 Å². The van der Waals surface area contributed by atoms with E-state index in [1.165, 1.54) is 14.0 Å². The van der Waals surface area contributed by atoms with Gasteiger partial charge in [0, 0.05) is 37.4 Å². The lowest BCUT2D eigenvalue weighted by atomic mass is 9.42. The van der Waals surface area contributed by atoms with E-state index in [4.69, 9.17) is 33.2 Å². The van der Waals surface area contributed by atoms with Crippen LogP contribution >= 0.6 is 0 Å². The van der Waals surface area contributed by atoms with Gasteiger partial charge in [-0.15, -0.1) is 0 Å². The Morgan fingerprint density at radius 2 is 1.64 bits per heavy atom. The second-order valence-corrected chi connectivity index (χ2v) is 17.2. The summed E-state index contributed by atoms with van der Waals surface area (Å²) in [5, 5.41) is 66.6. The molecule has 0 radical (unpaired) electrons. The molecule has 0 spiro atoms. The number of fused-ring (bicyclic) bond motifs is 5. The molecule has 0 aromatic carbocycles. The Bertz CT molecular complexity index is 1410. The van der Waals surface area contributed by atoms with E-state index in [1.54, 1.807) is 13.0 Å². The molecule has 300 valence electrons. The van der Waals surface area contributed by atoms with Crippen LogP contribution in [0.5, 0.6) is 0 Å². The fraction of sp³-hybridized carbons (Fsp3) is 0.895. The van der Waals surface area contributed by atoms with Gasteiger partial charge in [-0.25, -0.2) is 4.79 Å². The maximum Gasteiger partial charge on any atom is 0.331 e. The molecule has 2 saturated heterocycles. The minimum atomic E-state index is -1.62. The number of cyclic esters (lactones) is 1. The number of hydrogen-bond donors (Lipinski definition) is 6. The third kappa shape index (κ3) is 6.39. The zero-order valence-electron chi connectivity index (χ0n) is 31.2. The standard InChI is InChI=1S/C38H58O15/c1-17-28(42)33(47-5)31(45)35(49-17)53-32-25(15-39)52-34(30(44)29(32)43)51-21-13-20-6-7-24-23(37(20,4)26(14-21)50-18(2)40)8-10-36(3)22(9-11-38(24,36)46)19-12-27(41)48-16-19/h12,17,20-26,28-35,39,42-46H,6-11,13-16H2,1-5H3/t17-,20-,21+,22+,23-,24+,25-,26+,28+,29+,30+,31+,32+,33+,34+,35+,36+,37-,38-/m0/s1. The maximum absolute atomic E-state index is 12.7. The number of carbonyl (C=O) groups is 2. The third-order valence-electron chi connectivity index (χ3n) is 14.8. The summed E-state index contributed by atoms with van der Waals surface area (Å²) >= 11 is 0. The van der Waals surface area contributed by atoms with Crippen molar-refractivity contribution in [2.24, 2.45) is 34.5 Å². The number of carbonyl (C=O) groups excluding carboxylic acids is 2. The monoisotopic (exact) mass is 754 g/mol. The van der Waals surface area contributed by atoms with Crippen molar-refractivity contribution in [3.63, 3.8) is 0 Å². The fourth-order valence-corrected chi connectivity index (χ4v) is 12.0. The molecule has 4 aliphatic carbocycles. The van der Waals surface area contributed by atoms with Crippen LogP contribution in [0.4, 0.5) is 0 Å². The van der Waals surface area contributed by atoms with Crippen LogP contribution in [0.3, 0.4) is 0 Å². The Morgan fingerprint density at radius 1 is 0.906 bits per heavy atom. The largest absolute Gasteiger partial charge is 0.462 e. The lowest BCUT2D eigenvalue weighted by Gasteiger charge is -2.65. The molecule has 0 bridgehead atoms. The van der Waals surface area contributed by atoms with E-state index in [9.17, 15) is 40.2 Å². The van der Waals surface area contributed by atoms with E-state index in [-0.39, 0.29) is 36.2 Å². The van der Waals surface area contributed by atoms with Crippen LogP contribution < -0.4 is 0 Å². The Balaban J connectivity index is 1.06. The fourth-order valence-electron chi connectivity index (χ4n) is 12.0. The second kappa shape index (κ2) is 14.6. The smallest absolute Gasteiger partial charge is 0.331 e. The minimum absolute atomic E-state index is 0.0281. The van der Waals surface area contributed by atoms with E-state index in [2.05, 4.69) is 13.8 Å². The highest BCUT2D eigenvalue weighted by molar-refractivity contribution is 5.85. The van der Waals surface area contributed by atoms with Crippen molar-refractivity contribution in [1.29, 1.82) is 0 Å². The molecule has 0 unspecified atom stereocenters. The minimum Gasteiger partial charge on any atom is -0.462 e. The number of rotatable bonds is 8. The van der Waals surface area contributed by atoms with E-state index >= 15 is 0 Å². The molecule has 7 rings (SSSR count). The normalized spacial score (nSPS) is 52.5. The van der Waals surface area contributed by atoms with Crippen LogP contribution in [-0.4, -0.2) is 142 Å². The predicted molar refractivity (Wildman–Crippen MR) is 181 cm³/mol. The molecular formula is C38H58O15. The van der Waals surface area contributed by atoms with Gasteiger partial charge < -0.3 is 63.8 Å². The summed E-state index contributed by atoms with van der Waals surface area (Å²) in [6, 6.07) is 0. The highest BCUT2D eigenvalue weighted by Gasteiger charge is 2.69. The SMILES string of the molecule is CO[C@H]1[C@@H](O)[C@@H](O[C@H]2[C@H](O)[C@@H](O)[C@H](O[C@@H]3C[C@@H]4CC[C@@H]5[C@H](CC[C@]6(C)[C@@H](C7=CC(=O)OC7)CC[C@]56O)[C@@]4(C)[C@H](OC(C)=O)C3)O[C@H]2CO)O[C@@H](C)[C@H]1O. The van der Waals surface area contributed by atoms with Gasteiger partial charge in [-0.2, -0.15) is 0 Å². The molecule has 3 heterocycles. The van der Waals surface area contributed by atoms with E-state index < -0.39 is 103 Å². The summed E-state index contributed by atoms with van der Waals surface area (Å²) in [5.41, 5.74) is -0.876. The van der Waals surface area contributed by atoms with Crippen LogP contribution in [0.25, 0.3) is 0 Å². The first-order chi connectivity index (χ1) is 25.1. The number of methoxy groups -OCH3 is 1. The lowest BCUT2D eigenvalue weighted by Crippen LogP contribution is -2.66.